The van der Waals surface area contributed by atoms with E-state index in [1.807, 2.05) is 25.7 Å². The van der Waals surface area contributed by atoms with Crippen LogP contribution in [0, 0.1) is 5.92 Å². The van der Waals surface area contributed by atoms with Crippen molar-refractivity contribution in [2.75, 3.05) is 26.2 Å². The third-order valence-corrected chi connectivity index (χ3v) is 3.88. The molecule has 1 saturated carbocycles. The Morgan fingerprint density at radius 3 is 2.48 bits per heavy atom. The Balaban J connectivity index is 1.84. The standard InChI is InChI=1S/C15H27N3O3/c1-15(2,3)21-14(20)17-7-6-11(9-17)10-18(12-4-5-12)13(19)8-16/h11-12H,4-10,16H2,1-3H3. The molecule has 2 fully saturated rings. The first-order valence-electron chi connectivity index (χ1n) is 7.77. The summed E-state index contributed by atoms with van der Waals surface area (Å²) in [5.41, 5.74) is 5.01. The zero-order chi connectivity index (χ0) is 15.6. The molecule has 120 valence electrons. The molecule has 1 aliphatic carbocycles. The molecule has 2 amide bonds. The number of nitrogens with zero attached hydrogens (tertiary/aromatic N) is 2. The van der Waals surface area contributed by atoms with E-state index >= 15 is 0 Å². The third kappa shape index (κ3) is 4.59. The van der Waals surface area contributed by atoms with Crippen molar-refractivity contribution >= 4 is 12.0 Å². The van der Waals surface area contributed by atoms with Crippen molar-refractivity contribution in [3.05, 3.63) is 0 Å². The highest BCUT2D eigenvalue weighted by Crippen LogP contribution is 2.29. The number of ether oxygens (including phenoxy) is 1. The summed E-state index contributed by atoms with van der Waals surface area (Å²) in [4.78, 5) is 27.6. The number of nitrogens with two attached hydrogens (primary N) is 1. The van der Waals surface area contributed by atoms with Crippen LogP contribution in [0.1, 0.15) is 40.0 Å². The smallest absolute Gasteiger partial charge is 0.410 e. The van der Waals surface area contributed by atoms with Crippen molar-refractivity contribution in [2.24, 2.45) is 11.7 Å². The monoisotopic (exact) mass is 297 g/mol. The summed E-state index contributed by atoms with van der Waals surface area (Å²) in [6.07, 6.45) is 2.82. The SMILES string of the molecule is CC(C)(C)OC(=O)N1CCC(CN(C(=O)CN)C2CC2)C1. The number of amides is 2. The molecule has 2 aliphatic rings. The molecule has 6 heteroatoms. The lowest BCUT2D eigenvalue weighted by atomic mass is 10.1. The molecule has 0 radical (unpaired) electrons. The average Bonchev–Trinajstić information content (AvgIpc) is 3.11. The Labute approximate surface area is 126 Å². The maximum Gasteiger partial charge on any atom is 0.410 e. The first kappa shape index (κ1) is 16.1. The van der Waals surface area contributed by atoms with E-state index in [1.165, 1.54) is 0 Å². The van der Waals surface area contributed by atoms with Crippen molar-refractivity contribution in [1.82, 2.24) is 9.80 Å². The quantitative estimate of drug-likeness (QED) is 0.846. The van der Waals surface area contributed by atoms with Gasteiger partial charge in [-0.15, -0.1) is 0 Å². The topological polar surface area (TPSA) is 75.9 Å². The lowest BCUT2D eigenvalue weighted by Crippen LogP contribution is -2.42. The Morgan fingerprint density at radius 2 is 1.95 bits per heavy atom. The number of carbonyl (C=O) groups is 2. The minimum atomic E-state index is -0.468. The van der Waals surface area contributed by atoms with Crippen LogP contribution < -0.4 is 5.73 Å². The summed E-state index contributed by atoms with van der Waals surface area (Å²) in [5, 5.41) is 0. The van der Waals surface area contributed by atoms with Crippen LogP contribution in [0.25, 0.3) is 0 Å². The van der Waals surface area contributed by atoms with E-state index in [1.54, 1.807) is 4.90 Å². The number of likely N-dealkylation sites (tertiary alicyclic amines) is 1. The van der Waals surface area contributed by atoms with Crippen LogP contribution in [-0.4, -0.2) is 59.6 Å². The molecule has 0 bridgehead atoms. The summed E-state index contributed by atoms with van der Waals surface area (Å²) < 4.78 is 5.39. The molecule has 0 aromatic rings. The van der Waals surface area contributed by atoms with Crippen molar-refractivity contribution in [2.45, 2.75) is 51.7 Å². The molecule has 2 rings (SSSR count). The lowest BCUT2D eigenvalue weighted by Gasteiger charge is -2.26. The zero-order valence-corrected chi connectivity index (χ0v) is 13.3. The number of rotatable bonds is 4. The molecular weight excluding hydrogens is 270 g/mol. The average molecular weight is 297 g/mol. The summed E-state index contributed by atoms with van der Waals surface area (Å²) in [5.74, 6) is 0.349. The second-order valence-electron chi connectivity index (χ2n) is 7.06. The van der Waals surface area contributed by atoms with Gasteiger partial charge < -0.3 is 20.3 Å². The molecular formula is C15H27N3O3. The lowest BCUT2D eigenvalue weighted by molar-refractivity contribution is -0.130. The van der Waals surface area contributed by atoms with E-state index in [4.69, 9.17) is 10.5 Å². The first-order chi connectivity index (χ1) is 9.80. The van der Waals surface area contributed by atoms with Crippen LogP contribution in [0.15, 0.2) is 0 Å². The summed E-state index contributed by atoms with van der Waals surface area (Å²) >= 11 is 0. The predicted octanol–water partition coefficient (Wildman–Crippen LogP) is 1.19. The molecule has 0 aromatic carbocycles. The van der Waals surface area contributed by atoms with E-state index in [0.717, 1.165) is 19.3 Å². The summed E-state index contributed by atoms with van der Waals surface area (Å²) in [6, 6.07) is 0.372. The van der Waals surface area contributed by atoms with Crippen LogP contribution >= 0.6 is 0 Å². The Bertz CT molecular complexity index is 401. The van der Waals surface area contributed by atoms with Crippen LogP contribution in [0.5, 0.6) is 0 Å². The molecule has 1 unspecified atom stereocenters. The van der Waals surface area contributed by atoms with Crippen molar-refractivity contribution in [3.8, 4) is 0 Å². The largest absolute Gasteiger partial charge is 0.444 e. The molecule has 1 heterocycles. The first-order valence-corrected chi connectivity index (χ1v) is 7.77. The molecule has 21 heavy (non-hydrogen) atoms. The van der Waals surface area contributed by atoms with Gasteiger partial charge in [-0.1, -0.05) is 0 Å². The fraction of sp³-hybridized carbons (Fsp3) is 0.867. The van der Waals surface area contributed by atoms with Gasteiger partial charge in [0, 0.05) is 25.7 Å². The maximum absolute atomic E-state index is 12.0. The molecule has 1 saturated heterocycles. The normalized spacial score (nSPS) is 22.3. The van der Waals surface area contributed by atoms with Gasteiger partial charge >= 0.3 is 6.09 Å². The molecule has 0 aromatic heterocycles. The maximum atomic E-state index is 12.0. The van der Waals surface area contributed by atoms with Crippen LogP contribution in [0.3, 0.4) is 0 Å². The third-order valence-electron chi connectivity index (χ3n) is 3.88. The van der Waals surface area contributed by atoms with Gasteiger partial charge in [0.1, 0.15) is 5.60 Å². The summed E-state index contributed by atoms with van der Waals surface area (Å²) in [7, 11) is 0. The van der Waals surface area contributed by atoms with E-state index in [2.05, 4.69) is 0 Å². The van der Waals surface area contributed by atoms with Gasteiger partial charge in [0.2, 0.25) is 5.91 Å². The molecule has 0 spiro atoms. The van der Waals surface area contributed by atoms with E-state index in [-0.39, 0.29) is 18.5 Å². The van der Waals surface area contributed by atoms with Gasteiger partial charge in [-0.25, -0.2) is 4.79 Å². The van der Waals surface area contributed by atoms with Crippen LogP contribution in [-0.2, 0) is 9.53 Å². The van der Waals surface area contributed by atoms with Gasteiger partial charge in [0.15, 0.2) is 0 Å². The summed E-state index contributed by atoms with van der Waals surface area (Å²) in [6.45, 7) is 7.75. The highest BCUT2D eigenvalue weighted by Gasteiger charge is 2.36. The second-order valence-corrected chi connectivity index (χ2v) is 7.06. The van der Waals surface area contributed by atoms with Gasteiger partial charge in [0.25, 0.3) is 0 Å². The van der Waals surface area contributed by atoms with E-state index in [0.29, 0.717) is 31.6 Å². The Hall–Kier alpha value is -1.30. The zero-order valence-electron chi connectivity index (χ0n) is 13.3. The van der Waals surface area contributed by atoms with E-state index in [9.17, 15) is 9.59 Å². The minimum absolute atomic E-state index is 0.0215. The molecule has 2 N–H and O–H groups in total. The van der Waals surface area contributed by atoms with Gasteiger partial charge in [-0.05, 0) is 46.0 Å². The van der Waals surface area contributed by atoms with Gasteiger partial charge in [-0.3, -0.25) is 4.79 Å². The van der Waals surface area contributed by atoms with Crippen LogP contribution in [0.2, 0.25) is 0 Å². The van der Waals surface area contributed by atoms with E-state index < -0.39 is 5.60 Å². The molecule has 1 atom stereocenters. The van der Waals surface area contributed by atoms with Crippen LogP contribution in [0.4, 0.5) is 4.79 Å². The Morgan fingerprint density at radius 1 is 1.29 bits per heavy atom. The predicted molar refractivity (Wildman–Crippen MR) is 79.7 cm³/mol. The van der Waals surface area contributed by atoms with Crippen molar-refractivity contribution in [3.63, 3.8) is 0 Å². The number of hydrogen-bond donors (Lipinski definition) is 1. The Kier molecular flexibility index (Phi) is 4.76. The molecule has 1 aliphatic heterocycles. The highest BCUT2D eigenvalue weighted by molar-refractivity contribution is 5.78. The number of carbonyl (C=O) groups excluding carboxylic acids is 2. The molecule has 6 nitrogen and oxygen atoms in total. The van der Waals surface area contributed by atoms with Gasteiger partial charge in [-0.2, -0.15) is 0 Å². The fourth-order valence-corrected chi connectivity index (χ4v) is 2.71. The van der Waals surface area contributed by atoms with Crippen molar-refractivity contribution < 1.29 is 14.3 Å². The number of hydrogen-bond acceptors (Lipinski definition) is 4. The fourth-order valence-electron chi connectivity index (χ4n) is 2.71. The second kappa shape index (κ2) is 6.22. The highest BCUT2D eigenvalue weighted by atomic mass is 16.6. The van der Waals surface area contributed by atoms with Gasteiger partial charge in [0.05, 0.1) is 6.54 Å². The van der Waals surface area contributed by atoms with Crippen molar-refractivity contribution in [1.29, 1.82) is 0 Å². The minimum Gasteiger partial charge on any atom is -0.444 e.